The third-order valence-corrected chi connectivity index (χ3v) is 3.97. The summed E-state index contributed by atoms with van der Waals surface area (Å²) in [5.41, 5.74) is 5.31. The molecule has 1 aromatic carbocycles. The summed E-state index contributed by atoms with van der Waals surface area (Å²) < 4.78 is 0. The quantitative estimate of drug-likeness (QED) is 0.821. The van der Waals surface area contributed by atoms with Gasteiger partial charge in [-0.05, 0) is 49.1 Å². The van der Waals surface area contributed by atoms with Crippen LogP contribution in [0.25, 0.3) is 0 Å². The maximum Gasteiger partial charge on any atom is 0.0451 e. The highest BCUT2D eigenvalue weighted by molar-refractivity contribution is 5.32. The minimum Gasteiger partial charge on any atom is -0.310 e. The molecule has 0 amide bonds. The number of nitrogens with zero attached hydrogens (tertiary/aromatic N) is 1. The Morgan fingerprint density at radius 1 is 1.10 bits per heavy atom. The molecule has 0 aliphatic heterocycles. The van der Waals surface area contributed by atoms with Crippen LogP contribution in [-0.4, -0.2) is 11.5 Å². The lowest BCUT2D eigenvalue weighted by molar-refractivity contribution is 0.520. The van der Waals surface area contributed by atoms with Crippen molar-refractivity contribution in [2.75, 3.05) is 6.54 Å². The van der Waals surface area contributed by atoms with E-state index in [0.717, 1.165) is 25.8 Å². The normalized spacial score (nSPS) is 12.3. The molecule has 0 saturated carbocycles. The SMILES string of the molecule is CCCNC(Cc1ncccc1C)c1ccccc1CC. The van der Waals surface area contributed by atoms with Gasteiger partial charge in [0.15, 0.2) is 0 Å². The van der Waals surface area contributed by atoms with Gasteiger partial charge in [-0.3, -0.25) is 4.98 Å². The van der Waals surface area contributed by atoms with Crippen LogP contribution in [0.1, 0.15) is 48.7 Å². The summed E-state index contributed by atoms with van der Waals surface area (Å²) in [6.07, 6.45) is 5.06. The summed E-state index contributed by atoms with van der Waals surface area (Å²) in [5, 5.41) is 3.70. The molecule has 0 bridgehead atoms. The van der Waals surface area contributed by atoms with Gasteiger partial charge < -0.3 is 5.32 Å². The van der Waals surface area contributed by atoms with Crippen molar-refractivity contribution in [1.29, 1.82) is 0 Å². The summed E-state index contributed by atoms with van der Waals surface area (Å²) in [4.78, 5) is 4.57. The van der Waals surface area contributed by atoms with E-state index >= 15 is 0 Å². The van der Waals surface area contributed by atoms with E-state index in [9.17, 15) is 0 Å². The average Bonchev–Trinajstić information content (AvgIpc) is 2.53. The fourth-order valence-corrected chi connectivity index (χ4v) is 2.73. The molecular formula is C19H26N2. The maximum absolute atomic E-state index is 4.57. The van der Waals surface area contributed by atoms with Crippen molar-refractivity contribution < 1.29 is 0 Å². The Labute approximate surface area is 128 Å². The average molecular weight is 282 g/mol. The van der Waals surface area contributed by atoms with Gasteiger partial charge in [-0.15, -0.1) is 0 Å². The molecule has 2 heteroatoms. The molecule has 1 atom stereocenters. The second-order valence-corrected chi connectivity index (χ2v) is 5.53. The zero-order valence-corrected chi connectivity index (χ0v) is 13.4. The number of hydrogen-bond donors (Lipinski definition) is 1. The van der Waals surface area contributed by atoms with Crippen molar-refractivity contribution in [3.05, 3.63) is 65.0 Å². The van der Waals surface area contributed by atoms with E-state index in [0.29, 0.717) is 6.04 Å². The summed E-state index contributed by atoms with van der Waals surface area (Å²) in [5.74, 6) is 0. The van der Waals surface area contributed by atoms with Crippen LogP contribution in [0.4, 0.5) is 0 Å². The Morgan fingerprint density at radius 2 is 1.90 bits per heavy atom. The van der Waals surface area contributed by atoms with Gasteiger partial charge in [-0.1, -0.05) is 44.2 Å². The summed E-state index contributed by atoms with van der Waals surface area (Å²) >= 11 is 0. The van der Waals surface area contributed by atoms with Crippen molar-refractivity contribution in [3.8, 4) is 0 Å². The largest absolute Gasteiger partial charge is 0.310 e. The molecule has 1 aromatic heterocycles. The first-order chi connectivity index (χ1) is 10.3. The summed E-state index contributed by atoms with van der Waals surface area (Å²) in [6, 6.07) is 13.3. The van der Waals surface area contributed by atoms with Crippen LogP contribution in [0, 0.1) is 6.92 Å². The van der Waals surface area contributed by atoms with E-state index in [1.807, 2.05) is 12.3 Å². The molecule has 2 aromatic rings. The van der Waals surface area contributed by atoms with Crippen molar-refractivity contribution in [2.45, 2.75) is 46.1 Å². The third-order valence-electron chi connectivity index (χ3n) is 3.97. The molecule has 0 fully saturated rings. The van der Waals surface area contributed by atoms with Gasteiger partial charge in [0.2, 0.25) is 0 Å². The molecule has 1 unspecified atom stereocenters. The Morgan fingerprint density at radius 3 is 2.62 bits per heavy atom. The molecule has 1 heterocycles. The van der Waals surface area contributed by atoms with E-state index in [-0.39, 0.29) is 0 Å². The lowest BCUT2D eigenvalue weighted by Crippen LogP contribution is -2.25. The molecule has 112 valence electrons. The maximum atomic E-state index is 4.57. The van der Waals surface area contributed by atoms with Crippen LogP contribution >= 0.6 is 0 Å². The first-order valence-electron chi connectivity index (χ1n) is 7.97. The Kier molecular flexibility index (Phi) is 5.94. The smallest absolute Gasteiger partial charge is 0.0451 e. The van der Waals surface area contributed by atoms with Gasteiger partial charge in [0, 0.05) is 24.4 Å². The van der Waals surface area contributed by atoms with Crippen LogP contribution in [0.5, 0.6) is 0 Å². The lowest BCUT2D eigenvalue weighted by atomic mass is 9.94. The van der Waals surface area contributed by atoms with Crippen molar-refractivity contribution >= 4 is 0 Å². The zero-order chi connectivity index (χ0) is 15.1. The third kappa shape index (κ3) is 4.15. The van der Waals surface area contributed by atoms with Crippen molar-refractivity contribution in [3.63, 3.8) is 0 Å². The predicted molar refractivity (Wildman–Crippen MR) is 89.5 cm³/mol. The highest BCUT2D eigenvalue weighted by Crippen LogP contribution is 2.23. The molecule has 21 heavy (non-hydrogen) atoms. The van der Waals surface area contributed by atoms with Gasteiger partial charge >= 0.3 is 0 Å². The van der Waals surface area contributed by atoms with Gasteiger partial charge in [0.05, 0.1) is 0 Å². The van der Waals surface area contributed by atoms with Crippen LogP contribution in [0.2, 0.25) is 0 Å². The van der Waals surface area contributed by atoms with E-state index in [2.05, 4.69) is 61.4 Å². The fraction of sp³-hybridized carbons (Fsp3) is 0.421. The van der Waals surface area contributed by atoms with E-state index in [4.69, 9.17) is 0 Å². The first kappa shape index (κ1) is 15.7. The highest BCUT2D eigenvalue weighted by Gasteiger charge is 2.16. The minimum absolute atomic E-state index is 0.342. The number of nitrogens with one attached hydrogen (secondary N) is 1. The predicted octanol–water partition coefficient (Wildman–Crippen LogP) is 4.24. The summed E-state index contributed by atoms with van der Waals surface area (Å²) in [7, 11) is 0. The van der Waals surface area contributed by atoms with Crippen molar-refractivity contribution in [1.82, 2.24) is 10.3 Å². The molecule has 0 saturated heterocycles. The van der Waals surface area contributed by atoms with Gasteiger partial charge in [0.1, 0.15) is 0 Å². The second kappa shape index (κ2) is 7.94. The zero-order valence-electron chi connectivity index (χ0n) is 13.4. The van der Waals surface area contributed by atoms with Crippen LogP contribution in [0.15, 0.2) is 42.6 Å². The topological polar surface area (TPSA) is 24.9 Å². The van der Waals surface area contributed by atoms with Gasteiger partial charge in [-0.2, -0.15) is 0 Å². The Balaban J connectivity index is 2.28. The Hall–Kier alpha value is -1.67. The molecule has 2 nitrogen and oxygen atoms in total. The highest BCUT2D eigenvalue weighted by atomic mass is 14.9. The minimum atomic E-state index is 0.342. The standard InChI is InChI=1S/C19H26N2/c1-4-12-20-19(14-18-15(3)9-8-13-21-18)17-11-7-6-10-16(17)5-2/h6-11,13,19-20H,4-5,12,14H2,1-3H3. The van der Waals surface area contributed by atoms with E-state index in [1.54, 1.807) is 0 Å². The number of pyridine rings is 1. The molecule has 0 spiro atoms. The molecule has 0 aliphatic carbocycles. The Bertz CT molecular complexity index is 563. The van der Waals surface area contributed by atoms with E-state index < -0.39 is 0 Å². The number of aromatic nitrogens is 1. The molecule has 0 aliphatic rings. The molecule has 2 rings (SSSR count). The van der Waals surface area contributed by atoms with Crippen LogP contribution in [-0.2, 0) is 12.8 Å². The monoisotopic (exact) mass is 282 g/mol. The van der Waals surface area contributed by atoms with Crippen LogP contribution in [0.3, 0.4) is 0 Å². The number of aryl methyl sites for hydroxylation is 2. The molecular weight excluding hydrogens is 256 g/mol. The number of hydrogen-bond acceptors (Lipinski definition) is 2. The fourth-order valence-electron chi connectivity index (χ4n) is 2.73. The van der Waals surface area contributed by atoms with Crippen LogP contribution < -0.4 is 5.32 Å². The number of benzene rings is 1. The summed E-state index contributed by atoms with van der Waals surface area (Å²) in [6.45, 7) is 7.61. The van der Waals surface area contributed by atoms with Gasteiger partial charge in [0.25, 0.3) is 0 Å². The molecule has 1 N–H and O–H groups in total. The van der Waals surface area contributed by atoms with Gasteiger partial charge in [-0.25, -0.2) is 0 Å². The molecule has 0 radical (unpaired) electrons. The van der Waals surface area contributed by atoms with Crippen molar-refractivity contribution in [2.24, 2.45) is 0 Å². The number of rotatable bonds is 7. The van der Waals surface area contributed by atoms with E-state index in [1.165, 1.54) is 22.4 Å². The lowest BCUT2D eigenvalue weighted by Gasteiger charge is -2.22. The first-order valence-corrected chi connectivity index (χ1v) is 7.97. The second-order valence-electron chi connectivity index (χ2n) is 5.53.